The van der Waals surface area contributed by atoms with Crippen LogP contribution in [0.3, 0.4) is 0 Å². The Bertz CT molecular complexity index is 370. The molecule has 2 aliphatic heterocycles. The van der Waals surface area contributed by atoms with Crippen LogP contribution in [0.25, 0.3) is 0 Å². The number of nitrogens with zero attached hydrogens (tertiary/aromatic N) is 1. The average molecular weight is 304 g/mol. The van der Waals surface area contributed by atoms with Crippen molar-refractivity contribution >= 4 is 12.0 Å². The molecule has 6 nitrogen and oxygen atoms in total. The Morgan fingerprint density at radius 3 is 2.48 bits per heavy atom. The fourth-order valence-electron chi connectivity index (χ4n) is 2.00. The second kappa shape index (κ2) is 7.59. The van der Waals surface area contributed by atoms with E-state index in [4.69, 9.17) is 9.84 Å². The quantitative estimate of drug-likeness (QED) is 0.705. The van der Waals surface area contributed by atoms with Gasteiger partial charge in [-0.25, -0.2) is 9.18 Å². The molecule has 2 saturated heterocycles. The number of piperidine rings is 1. The number of halogens is 1. The van der Waals surface area contributed by atoms with Crippen LogP contribution < -0.4 is 5.32 Å². The van der Waals surface area contributed by atoms with E-state index in [1.807, 2.05) is 20.8 Å². The third-order valence-corrected chi connectivity index (χ3v) is 3.04. The lowest BCUT2D eigenvalue weighted by molar-refractivity contribution is -0.126. The van der Waals surface area contributed by atoms with Crippen LogP contribution in [-0.4, -0.2) is 59.5 Å². The van der Waals surface area contributed by atoms with Crippen LogP contribution in [-0.2, 0) is 9.53 Å². The van der Waals surface area contributed by atoms with Crippen molar-refractivity contribution in [3.8, 4) is 0 Å². The molecule has 0 bridgehead atoms. The number of ether oxygens (including phenoxy) is 1. The van der Waals surface area contributed by atoms with Gasteiger partial charge in [0.25, 0.3) is 0 Å². The van der Waals surface area contributed by atoms with E-state index in [1.54, 1.807) is 0 Å². The summed E-state index contributed by atoms with van der Waals surface area (Å²) < 4.78 is 18.1. The number of rotatable bonds is 0. The van der Waals surface area contributed by atoms with Gasteiger partial charge >= 0.3 is 6.09 Å². The molecule has 21 heavy (non-hydrogen) atoms. The molecule has 7 heteroatoms. The maximum atomic E-state index is 13.0. The average Bonchev–Trinajstić information content (AvgIpc) is 2.72. The highest BCUT2D eigenvalue weighted by molar-refractivity contribution is 5.82. The molecule has 0 saturated carbocycles. The molecule has 2 amide bonds. The fraction of sp³-hybridized carbons (Fsp3) is 0.857. The zero-order valence-electron chi connectivity index (χ0n) is 12.9. The van der Waals surface area contributed by atoms with Gasteiger partial charge in [-0.1, -0.05) is 0 Å². The van der Waals surface area contributed by atoms with Gasteiger partial charge in [0.2, 0.25) is 5.91 Å². The molecule has 2 atom stereocenters. The molecule has 0 radical (unpaired) electrons. The van der Waals surface area contributed by atoms with E-state index in [2.05, 4.69) is 5.32 Å². The molecule has 2 rings (SSSR count). The molecule has 0 aliphatic carbocycles. The maximum absolute atomic E-state index is 13.0. The Labute approximate surface area is 124 Å². The van der Waals surface area contributed by atoms with Crippen LogP contribution in [0.2, 0.25) is 0 Å². The first-order valence-corrected chi connectivity index (χ1v) is 7.27. The molecule has 2 heterocycles. The molecular formula is C14H25FN2O4. The van der Waals surface area contributed by atoms with Crippen molar-refractivity contribution in [1.29, 1.82) is 0 Å². The van der Waals surface area contributed by atoms with E-state index in [0.29, 0.717) is 25.9 Å². The van der Waals surface area contributed by atoms with Crippen molar-refractivity contribution < 1.29 is 23.8 Å². The van der Waals surface area contributed by atoms with E-state index in [0.717, 1.165) is 6.42 Å². The first kappa shape index (κ1) is 17.7. The van der Waals surface area contributed by atoms with Crippen molar-refractivity contribution in [2.45, 2.75) is 57.9 Å². The van der Waals surface area contributed by atoms with E-state index in [9.17, 15) is 14.0 Å². The van der Waals surface area contributed by atoms with Crippen molar-refractivity contribution in [1.82, 2.24) is 10.2 Å². The number of likely N-dealkylation sites (tertiary alicyclic amines) is 1. The fourth-order valence-corrected chi connectivity index (χ4v) is 2.00. The standard InChI is InChI=1S/C10H18FNO2.C4H7NO2/c1-10(2,3)14-9(13)12-6-4-5-8(11)7-12;6-3-1-2-5-4(3)7/h8H,4-7H2,1-3H3;3,6H,1-2H2,(H,5,7). The largest absolute Gasteiger partial charge is 0.444 e. The number of amides is 2. The zero-order valence-corrected chi connectivity index (χ0v) is 12.9. The summed E-state index contributed by atoms with van der Waals surface area (Å²) in [7, 11) is 0. The van der Waals surface area contributed by atoms with Crippen molar-refractivity contribution in [2.75, 3.05) is 19.6 Å². The first-order valence-electron chi connectivity index (χ1n) is 7.27. The predicted molar refractivity (Wildman–Crippen MR) is 75.6 cm³/mol. The predicted octanol–water partition coefficient (Wildman–Crippen LogP) is 1.22. The Balaban J connectivity index is 0.000000262. The molecule has 2 N–H and O–H groups in total. The molecule has 0 aromatic rings. The van der Waals surface area contributed by atoms with Crippen molar-refractivity contribution in [3.63, 3.8) is 0 Å². The normalized spacial score (nSPS) is 25.8. The number of hydrogen-bond acceptors (Lipinski definition) is 4. The van der Waals surface area contributed by atoms with Crippen LogP contribution in [0.15, 0.2) is 0 Å². The van der Waals surface area contributed by atoms with Crippen molar-refractivity contribution in [3.05, 3.63) is 0 Å². The van der Waals surface area contributed by atoms with Gasteiger partial charge in [-0.15, -0.1) is 0 Å². The van der Waals surface area contributed by atoms with Crippen LogP contribution >= 0.6 is 0 Å². The van der Waals surface area contributed by atoms with Gasteiger partial charge in [-0.05, 0) is 40.0 Å². The Morgan fingerprint density at radius 1 is 1.43 bits per heavy atom. The van der Waals surface area contributed by atoms with E-state index in [-0.39, 0.29) is 12.5 Å². The summed E-state index contributed by atoms with van der Waals surface area (Å²) in [6, 6.07) is 0. The lowest BCUT2D eigenvalue weighted by atomic mass is 10.1. The van der Waals surface area contributed by atoms with Gasteiger partial charge < -0.3 is 20.1 Å². The second-order valence-electron chi connectivity index (χ2n) is 6.26. The van der Waals surface area contributed by atoms with Gasteiger partial charge in [0, 0.05) is 13.1 Å². The summed E-state index contributed by atoms with van der Waals surface area (Å²) in [4.78, 5) is 23.2. The summed E-state index contributed by atoms with van der Waals surface area (Å²) in [6.07, 6.45) is -0.186. The van der Waals surface area contributed by atoms with Crippen LogP contribution in [0, 0.1) is 0 Å². The van der Waals surface area contributed by atoms with Crippen LogP contribution in [0.5, 0.6) is 0 Å². The lowest BCUT2D eigenvalue weighted by Crippen LogP contribution is -2.43. The van der Waals surface area contributed by atoms with Gasteiger partial charge in [-0.3, -0.25) is 4.79 Å². The van der Waals surface area contributed by atoms with Gasteiger partial charge in [0.1, 0.15) is 17.9 Å². The number of alkyl halides is 1. The minimum atomic E-state index is -0.892. The lowest BCUT2D eigenvalue weighted by Gasteiger charge is -2.31. The van der Waals surface area contributed by atoms with Crippen LogP contribution in [0.4, 0.5) is 9.18 Å². The van der Waals surface area contributed by atoms with Crippen molar-refractivity contribution in [2.24, 2.45) is 0 Å². The summed E-state index contributed by atoms with van der Waals surface area (Å²) in [5, 5.41) is 11.1. The Morgan fingerprint density at radius 2 is 2.10 bits per heavy atom. The monoisotopic (exact) mass is 304 g/mol. The topological polar surface area (TPSA) is 78.9 Å². The number of aliphatic hydroxyl groups excluding tert-OH is 1. The van der Waals surface area contributed by atoms with Crippen LogP contribution in [0.1, 0.15) is 40.0 Å². The molecular weight excluding hydrogens is 279 g/mol. The third kappa shape index (κ3) is 6.75. The summed E-state index contributed by atoms with van der Waals surface area (Å²) in [5.41, 5.74) is -0.500. The highest BCUT2D eigenvalue weighted by atomic mass is 19.1. The molecule has 2 fully saturated rings. The number of carbonyl (C=O) groups is 2. The van der Waals surface area contributed by atoms with Gasteiger partial charge in [0.05, 0.1) is 6.54 Å². The van der Waals surface area contributed by atoms with Gasteiger partial charge in [0.15, 0.2) is 0 Å². The molecule has 0 aromatic carbocycles. The first-order chi connectivity index (χ1) is 9.69. The Hall–Kier alpha value is -1.37. The highest BCUT2D eigenvalue weighted by Crippen LogP contribution is 2.16. The summed E-state index contributed by atoms with van der Waals surface area (Å²) in [5.74, 6) is -0.236. The Kier molecular flexibility index (Phi) is 6.39. The minimum absolute atomic E-state index is 0.176. The number of carbonyl (C=O) groups excluding carboxylic acids is 2. The number of aliphatic hydroxyl groups is 1. The third-order valence-electron chi connectivity index (χ3n) is 3.04. The molecule has 2 aliphatic rings. The smallest absolute Gasteiger partial charge is 0.410 e. The molecule has 0 spiro atoms. The van der Waals surface area contributed by atoms with Gasteiger partial charge in [-0.2, -0.15) is 0 Å². The van der Waals surface area contributed by atoms with E-state index >= 15 is 0 Å². The SMILES string of the molecule is CC(C)(C)OC(=O)N1CCCC(F)C1.O=C1NCCC1O. The maximum Gasteiger partial charge on any atom is 0.410 e. The number of nitrogens with one attached hydrogen (secondary N) is 1. The second-order valence-corrected chi connectivity index (χ2v) is 6.26. The molecule has 122 valence electrons. The van der Waals surface area contributed by atoms with E-state index in [1.165, 1.54) is 4.90 Å². The summed E-state index contributed by atoms with van der Waals surface area (Å²) in [6.45, 7) is 6.83. The zero-order chi connectivity index (χ0) is 16.0. The summed E-state index contributed by atoms with van der Waals surface area (Å²) >= 11 is 0. The van der Waals surface area contributed by atoms with E-state index < -0.39 is 24.0 Å². The highest BCUT2D eigenvalue weighted by Gasteiger charge is 2.27. The molecule has 0 aromatic heterocycles. The molecule has 2 unspecified atom stereocenters. The minimum Gasteiger partial charge on any atom is -0.444 e. The number of hydrogen-bond donors (Lipinski definition) is 2.